The average Bonchev–Trinajstić information content (AvgIpc) is 2.96. The van der Waals surface area contributed by atoms with E-state index in [4.69, 9.17) is 4.74 Å². The van der Waals surface area contributed by atoms with E-state index in [2.05, 4.69) is 12.2 Å². The molecule has 1 aliphatic carbocycles. The lowest BCUT2D eigenvalue weighted by Crippen LogP contribution is -2.39. The number of aliphatic hydroxyl groups excluding tert-OH is 1. The molecule has 2 N–H and O–H groups in total. The SMILES string of the molecule is CCCC(O)CNC(COC)C1CC1. The van der Waals surface area contributed by atoms with Gasteiger partial charge in [0.25, 0.3) is 0 Å². The summed E-state index contributed by atoms with van der Waals surface area (Å²) < 4.78 is 5.15. The van der Waals surface area contributed by atoms with Crippen molar-refractivity contribution in [3.05, 3.63) is 0 Å². The van der Waals surface area contributed by atoms with E-state index in [1.54, 1.807) is 7.11 Å². The lowest BCUT2D eigenvalue weighted by Gasteiger charge is -2.19. The number of hydrogen-bond acceptors (Lipinski definition) is 3. The molecule has 0 saturated heterocycles. The summed E-state index contributed by atoms with van der Waals surface area (Å²) in [4.78, 5) is 0. The van der Waals surface area contributed by atoms with Crippen LogP contribution in [0, 0.1) is 5.92 Å². The monoisotopic (exact) mass is 201 g/mol. The zero-order chi connectivity index (χ0) is 10.4. The standard InChI is InChI=1S/C11H23NO2/c1-3-4-10(13)7-12-11(8-14-2)9-5-6-9/h9-13H,3-8H2,1-2H3. The molecule has 0 aromatic rings. The fourth-order valence-electron chi connectivity index (χ4n) is 1.76. The molecule has 0 aromatic heterocycles. The summed E-state index contributed by atoms with van der Waals surface area (Å²) in [6.45, 7) is 3.57. The van der Waals surface area contributed by atoms with Gasteiger partial charge < -0.3 is 15.2 Å². The highest BCUT2D eigenvalue weighted by molar-refractivity contribution is 4.86. The van der Waals surface area contributed by atoms with Crippen LogP contribution in [-0.4, -0.2) is 37.5 Å². The van der Waals surface area contributed by atoms with Crippen molar-refractivity contribution in [1.82, 2.24) is 5.32 Å². The normalized spacial score (nSPS) is 20.8. The molecule has 14 heavy (non-hydrogen) atoms. The van der Waals surface area contributed by atoms with Gasteiger partial charge in [0.05, 0.1) is 12.7 Å². The van der Waals surface area contributed by atoms with Crippen LogP contribution in [0.15, 0.2) is 0 Å². The fraction of sp³-hybridized carbons (Fsp3) is 1.00. The molecule has 1 fully saturated rings. The Morgan fingerprint density at radius 3 is 2.71 bits per heavy atom. The first-order valence-corrected chi connectivity index (χ1v) is 5.68. The second kappa shape index (κ2) is 6.38. The van der Waals surface area contributed by atoms with Gasteiger partial charge in [-0.25, -0.2) is 0 Å². The van der Waals surface area contributed by atoms with Gasteiger partial charge in [0.15, 0.2) is 0 Å². The summed E-state index contributed by atoms with van der Waals surface area (Å²) >= 11 is 0. The quantitative estimate of drug-likeness (QED) is 0.619. The molecule has 1 aliphatic rings. The fourth-order valence-corrected chi connectivity index (χ4v) is 1.76. The van der Waals surface area contributed by atoms with E-state index in [0.29, 0.717) is 12.6 Å². The predicted molar refractivity (Wildman–Crippen MR) is 57.3 cm³/mol. The summed E-state index contributed by atoms with van der Waals surface area (Å²) in [6.07, 6.45) is 4.35. The maximum atomic E-state index is 9.57. The van der Waals surface area contributed by atoms with E-state index in [9.17, 15) is 5.11 Å². The van der Waals surface area contributed by atoms with Crippen LogP contribution >= 0.6 is 0 Å². The topological polar surface area (TPSA) is 41.5 Å². The third kappa shape index (κ3) is 4.40. The van der Waals surface area contributed by atoms with Crippen LogP contribution in [0.2, 0.25) is 0 Å². The summed E-state index contributed by atoms with van der Waals surface area (Å²) in [5, 5.41) is 13.0. The van der Waals surface area contributed by atoms with Crippen LogP contribution in [0.4, 0.5) is 0 Å². The lowest BCUT2D eigenvalue weighted by molar-refractivity contribution is 0.127. The third-order valence-corrected chi connectivity index (χ3v) is 2.77. The van der Waals surface area contributed by atoms with Crippen molar-refractivity contribution >= 4 is 0 Å². The van der Waals surface area contributed by atoms with E-state index < -0.39 is 0 Å². The van der Waals surface area contributed by atoms with Crippen molar-refractivity contribution < 1.29 is 9.84 Å². The second-order valence-corrected chi connectivity index (χ2v) is 4.25. The van der Waals surface area contributed by atoms with Gasteiger partial charge in [0.2, 0.25) is 0 Å². The molecule has 0 bridgehead atoms. The Morgan fingerprint density at radius 2 is 2.21 bits per heavy atom. The molecule has 0 radical (unpaired) electrons. The number of hydrogen-bond donors (Lipinski definition) is 2. The minimum atomic E-state index is -0.196. The van der Waals surface area contributed by atoms with Crippen molar-refractivity contribution in [1.29, 1.82) is 0 Å². The molecule has 2 atom stereocenters. The molecule has 0 spiro atoms. The molecule has 0 aromatic carbocycles. The zero-order valence-corrected chi connectivity index (χ0v) is 9.33. The van der Waals surface area contributed by atoms with Crippen molar-refractivity contribution in [2.24, 2.45) is 5.92 Å². The molecule has 3 nitrogen and oxygen atoms in total. The molecular weight excluding hydrogens is 178 g/mol. The van der Waals surface area contributed by atoms with Crippen LogP contribution in [0.25, 0.3) is 0 Å². The maximum Gasteiger partial charge on any atom is 0.0664 e. The maximum absolute atomic E-state index is 9.57. The Labute approximate surface area is 86.8 Å². The van der Waals surface area contributed by atoms with Crippen molar-refractivity contribution in [3.8, 4) is 0 Å². The summed E-state index contributed by atoms with van der Waals surface area (Å²) in [5.74, 6) is 0.781. The molecule has 84 valence electrons. The summed E-state index contributed by atoms with van der Waals surface area (Å²) in [6, 6.07) is 0.450. The molecule has 3 heteroatoms. The van der Waals surface area contributed by atoms with E-state index >= 15 is 0 Å². The van der Waals surface area contributed by atoms with Crippen LogP contribution in [0.5, 0.6) is 0 Å². The molecule has 1 rings (SSSR count). The highest BCUT2D eigenvalue weighted by atomic mass is 16.5. The van der Waals surface area contributed by atoms with E-state index in [1.807, 2.05) is 0 Å². The third-order valence-electron chi connectivity index (χ3n) is 2.77. The molecular formula is C11H23NO2. The Kier molecular flexibility index (Phi) is 5.45. The van der Waals surface area contributed by atoms with Crippen LogP contribution in [0.3, 0.4) is 0 Å². The average molecular weight is 201 g/mol. The number of rotatable bonds is 8. The number of aliphatic hydroxyl groups is 1. The van der Waals surface area contributed by atoms with Crippen LogP contribution < -0.4 is 5.32 Å². The van der Waals surface area contributed by atoms with E-state index in [1.165, 1.54) is 12.8 Å². The minimum Gasteiger partial charge on any atom is -0.392 e. The van der Waals surface area contributed by atoms with Crippen molar-refractivity contribution in [3.63, 3.8) is 0 Å². The lowest BCUT2D eigenvalue weighted by atomic mass is 10.1. The molecule has 0 amide bonds. The van der Waals surface area contributed by atoms with Gasteiger partial charge in [-0.2, -0.15) is 0 Å². The molecule has 2 unspecified atom stereocenters. The molecule has 0 heterocycles. The Hall–Kier alpha value is -0.120. The van der Waals surface area contributed by atoms with Crippen LogP contribution in [-0.2, 0) is 4.74 Å². The van der Waals surface area contributed by atoms with Gasteiger partial charge in [0, 0.05) is 19.7 Å². The molecule has 1 saturated carbocycles. The zero-order valence-electron chi connectivity index (χ0n) is 9.33. The van der Waals surface area contributed by atoms with Gasteiger partial charge in [-0.1, -0.05) is 13.3 Å². The van der Waals surface area contributed by atoms with Crippen LogP contribution in [0.1, 0.15) is 32.6 Å². The van der Waals surface area contributed by atoms with Gasteiger partial charge in [0.1, 0.15) is 0 Å². The minimum absolute atomic E-state index is 0.196. The first-order chi connectivity index (χ1) is 6.77. The molecule has 0 aliphatic heterocycles. The number of nitrogens with one attached hydrogen (secondary N) is 1. The summed E-state index contributed by atoms with van der Waals surface area (Å²) in [5.41, 5.74) is 0. The largest absolute Gasteiger partial charge is 0.392 e. The van der Waals surface area contributed by atoms with Crippen molar-refractivity contribution in [2.45, 2.75) is 44.8 Å². The van der Waals surface area contributed by atoms with Gasteiger partial charge in [-0.15, -0.1) is 0 Å². The van der Waals surface area contributed by atoms with E-state index in [0.717, 1.165) is 25.4 Å². The highest BCUT2D eigenvalue weighted by Gasteiger charge is 2.30. The Morgan fingerprint density at radius 1 is 1.50 bits per heavy atom. The van der Waals surface area contributed by atoms with E-state index in [-0.39, 0.29) is 6.10 Å². The smallest absolute Gasteiger partial charge is 0.0664 e. The van der Waals surface area contributed by atoms with Gasteiger partial charge >= 0.3 is 0 Å². The van der Waals surface area contributed by atoms with Crippen molar-refractivity contribution in [2.75, 3.05) is 20.3 Å². The second-order valence-electron chi connectivity index (χ2n) is 4.25. The first-order valence-electron chi connectivity index (χ1n) is 5.68. The number of ether oxygens (including phenoxy) is 1. The highest BCUT2D eigenvalue weighted by Crippen LogP contribution is 2.32. The first kappa shape index (κ1) is 12.0. The Bertz CT molecular complexity index is 148. The van der Waals surface area contributed by atoms with Gasteiger partial charge in [-0.3, -0.25) is 0 Å². The number of methoxy groups -OCH3 is 1. The Balaban J connectivity index is 2.12. The van der Waals surface area contributed by atoms with Gasteiger partial charge in [-0.05, 0) is 25.2 Å². The summed E-state index contributed by atoms with van der Waals surface area (Å²) in [7, 11) is 1.74. The predicted octanol–water partition coefficient (Wildman–Crippen LogP) is 1.16.